The van der Waals surface area contributed by atoms with Crippen LogP contribution in [0.15, 0.2) is 28.7 Å². The zero-order valence-electron chi connectivity index (χ0n) is 11.1. The van der Waals surface area contributed by atoms with Gasteiger partial charge in [-0.15, -0.1) is 0 Å². The lowest BCUT2D eigenvalue weighted by Gasteiger charge is -2.15. The minimum absolute atomic E-state index is 0.0277. The molecule has 0 aliphatic carbocycles. The number of aliphatic hydroxyl groups is 1. The SMILES string of the molecule is CN(C)C(=O)CNCC(O)COc1cccc(Br)c1. The number of likely N-dealkylation sites (N-methyl/N-ethyl adjacent to an activating group) is 1. The van der Waals surface area contributed by atoms with E-state index in [-0.39, 0.29) is 19.1 Å². The first-order valence-electron chi connectivity index (χ1n) is 5.96. The predicted molar refractivity (Wildman–Crippen MR) is 77.2 cm³/mol. The summed E-state index contributed by atoms with van der Waals surface area (Å²) >= 11 is 3.34. The van der Waals surface area contributed by atoms with Crippen LogP contribution in [0, 0.1) is 0 Å². The summed E-state index contributed by atoms with van der Waals surface area (Å²) in [7, 11) is 3.38. The molecule has 19 heavy (non-hydrogen) atoms. The summed E-state index contributed by atoms with van der Waals surface area (Å²) in [5, 5.41) is 12.6. The lowest BCUT2D eigenvalue weighted by Crippen LogP contribution is -2.38. The van der Waals surface area contributed by atoms with Gasteiger partial charge >= 0.3 is 0 Å². The molecule has 0 aromatic heterocycles. The van der Waals surface area contributed by atoms with Gasteiger partial charge in [0.1, 0.15) is 18.5 Å². The van der Waals surface area contributed by atoms with Gasteiger partial charge in [-0.1, -0.05) is 22.0 Å². The van der Waals surface area contributed by atoms with Crippen molar-refractivity contribution in [1.82, 2.24) is 10.2 Å². The summed E-state index contributed by atoms with van der Waals surface area (Å²) in [4.78, 5) is 12.8. The van der Waals surface area contributed by atoms with Crippen LogP contribution in [-0.4, -0.2) is 55.8 Å². The minimum Gasteiger partial charge on any atom is -0.491 e. The normalized spacial score (nSPS) is 12.0. The molecule has 5 nitrogen and oxygen atoms in total. The highest BCUT2D eigenvalue weighted by Gasteiger charge is 2.08. The fourth-order valence-electron chi connectivity index (χ4n) is 1.31. The minimum atomic E-state index is -0.658. The first-order chi connectivity index (χ1) is 8.99. The zero-order chi connectivity index (χ0) is 14.3. The van der Waals surface area contributed by atoms with Crippen LogP contribution in [0.25, 0.3) is 0 Å². The van der Waals surface area contributed by atoms with Crippen molar-refractivity contribution in [3.8, 4) is 5.75 Å². The lowest BCUT2D eigenvalue weighted by atomic mass is 10.3. The van der Waals surface area contributed by atoms with Crippen molar-refractivity contribution < 1.29 is 14.6 Å². The van der Waals surface area contributed by atoms with Crippen LogP contribution in [0.2, 0.25) is 0 Å². The van der Waals surface area contributed by atoms with E-state index in [2.05, 4.69) is 21.2 Å². The van der Waals surface area contributed by atoms with Gasteiger partial charge in [0, 0.05) is 25.1 Å². The number of benzene rings is 1. The number of carbonyl (C=O) groups is 1. The molecule has 0 saturated heterocycles. The summed E-state index contributed by atoms with van der Waals surface area (Å²) in [6.45, 7) is 0.703. The molecule has 1 rings (SSSR count). The Morgan fingerprint density at radius 2 is 2.26 bits per heavy atom. The second kappa shape index (κ2) is 8.14. The summed E-state index contributed by atoms with van der Waals surface area (Å²) < 4.78 is 6.36. The van der Waals surface area contributed by atoms with Gasteiger partial charge in [-0.05, 0) is 18.2 Å². The number of rotatable bonds is 7. The fourth-order valence-corrected chi connectivity index (χ4v) is 1.69. The molecule has 0 bridgehead atoms. The van der Waals surface area contributed by atoms with Crippen molar-refractivity contribution in [3.05, 3.63) is 28.7 Å². The van der Waals surface area contributed by atoms with Gasteiger partial charge in [0.05, 0.1) is 6.54 Å². The highest BCUT2D eigenvalue weighted by molar-refractivity contribution is 9.10. The number of nitrogens with one attached hydrogen (secondary N) is 1. The van der Waals surface area contributed by atoms with E-state index in [0.29, 0.717) is 12.3 Å². The second-order valence-electron chi connectivity index (χ2n) is 4.34. The van der Waals surface area contributed by atoms with E-state index in [9.17, 15) is 9.90 Å². The molecule has 0 aliphatic heterocycles. The number of ether oxygens (including phenoxy) is 1. The van der Waals surface area contributed by atoms with Crippen molar-refractivity contribution >= 4 is 21.8 Å². The first-order valence-corrected chi connectivity index (χ1v) is 6.75. The molecule has 106 valence electrons. The Labute approximate surface area is 121 Å². The lowest BCUT2D eigenvalue weighted by molar-refractivity contribution is -0.127. The maximum absolute atomic E-state index is 11.3. The van der Waals surface area contributed by atoms with Crippen LogP contribution in [-0.2, 0) is 4.79 Å². The van der Waals surface area contributed by atoms with E-state index in [4.69, 9.17) is 4.74 Å². The maximum atomic E-state index is 11.3. The zero-order valence-corrected chi connectivity index (χ0v) is 12.7. The third kappa shape index (κ3) is 6.56. The summed E-state index contributed by atoms with van der Waals surface area (Å²) in [5.74, 6) is 0.665. The summed E-state index contributed by atoms with van der Waals surface area (Å²) in [5.41, 5.74) is 0. The number of aliphatic hydroxyl groups excluding tert-OH is 1. The Balaban J connectivity index is 2.21. The number of hydrogen-bond donors (Lipinski definition) is 2. The van der Waals surface area contributed by atoms with E-state index in [0.717, 1.165) is 4.47 Å². The number of nitrogens with zero attached hydrogens (tertiary/aromatic N) is 1. The molecule has 2 N–H and O–H groups in total. The van der Waals surface area contributed by atoms with Gasteiger partial charge in [0.25, 0.3) is 0 Å². The smallest absolute Gasteiger partial charge is 0.236 e. The van der Waals surface area contributed by atoms with Crippen LogP contribution >= 0.6 is 15.9 Å². The molecular formula is C13H19BrN2O3. The average Bonchev–Trinajstić information content (AvgIpc) is 2.36. The quantitative estimate of drug-likeness (QED) is 0.778. The largest absolute Gasteiger partial charge is 0.491 e. The molecule has 1 atom stereocenters. The average molecular weight is 331 g/mol. The molecule has 1 unspecified atom stereocenters. The van der Waals surface area contributed by atoms with Gasteiger partial charge in [-0.3, -0.25) is 4.79 Å². The highest BCUT2D eigenvalue weighted by Crippen LogP contribution is 2.17. The molecule has 1 aromatic carbocycles. The van der Waals surface area contributed by atoms with Gasteiger partial charge in [-0.2, -0.15) is 0 Å². The van der Waals surface area contributed by atoms with Crippen LogP contribution < -0.4 is 10.1 Å². The maximum Gasteiger partial charge on any atom is 0.236 e. The topological polar surface area (TPSA) is 61.8 Å². The van der Waals surface area contributed by atoms with E-state index >= 15 is 0 Å². The van der Waals surface area contributed by atoms with Crippen molar-refractivity contribution in [2.45, 2.75) is 6.10 Å². The molecule has 0 radical (unpaired) electrons. The highest BCUT2D eigenvalue weighted by atomic mass is 79.9. The second-order valence-corrected chi connectivity index (χ2v) is 5.26. The molecule has 6 heteroatoms. The molecule has 0 heterocycles. The number of carbonyl (C=O) groups excluding carboxylic acids is 1. The van der Waals surface area contributed by atoms with E-state index in [1.165, 1.54) is 4.90 Å². The van der Waals surface area contributed by atoms with Crippen LogP contribution in [0.3, 0.4) is 0 Å². The molecule has 1 amide bonds. The summed E-state index contributed by atoms with van der Waals surface area (Å²) in [6.07, 6.45) is -0.658. The number of halogens is 1. The third-order valence-corrected chi connectivity index (χ3v) is 2.89. The Kier molecular flexibility index (Phi) is 6.83. The van der Waals surface area contributed by atoms with Crippen molar-refractivity contribution in [2.75, 3.05) is 33.8 Å². The predicted octanol–water partition coefficient (Wildman–Crippen LogP) is 0.867. The molecule has 0 spiro atoms. The Bertz CT molecular complexity index is 413. The van der Waals surface area contributed by atoms with E-state index in [1.54, 1.807) is 14.1 Å². The van der Waals surface area contributed by atoms with Crippen LogP contribution in [0.1, 0.15) is 0 Å². The van der Waals surface area contributed by atoms with E-state index in [1.807, 2.05) is 24.3 Å². The Morgan fingerprint density at radius 3 is 2.89 bits per heavy atom. The van der Waals surface area contributed by atoms with Crippen molar-refractivity contribution in [3.63, 3.8) is 0 Å². The third-order valence-electron chi connectivity index (χ3n) is 2.39. The Morgan fingerprint density at radius 1 is 1.53 bits per heavy atom. The first kappa shape index (κ1) is 15.9. The molecule has 1 aromatic rings. The van der Waals surface area contributed by atoms with Gasteiger partial charge in [0.2, 0.25) is 5.91 Å². The fraction of sp³-hybridized carbons (Fsp3) is 0.462. The molecule has 0 saturated carbocycles. The Hall–Kier alpha value is -1.11. The molecule has 0 aliphatic rings. The number of amides is 1. The van der Waals surface area contributed by atoms with Crippen molar-refractivity contribution in [2.24, 2.45) is 0 Å². The summed E-state index contributed by atoms with van der Waals surface area (Å²) in [6, 6.07) is 7.41. The van der Waals surface area contributed by atoms with Crippen LogP contribution in [0.4, 0.5) is 0 Å². The standard InChI is InChI=1S/C13H19BrN2O3/c1-16(2)13(18)8-15-7-11(17)9-19-12-5-3-4-10(14)6-12/h3-6,11,15,17H,7-9H2,1-2H3. The molecule has 0 fully saturated rings. The van der Waals surface area contributed by atoms with E-state index < -0.39 is 6.10 Å². The van der Waals surface area contributed by atoms with Gasteiger partial charge < -0.3 is 20.1 Å². The van der Waals surface area contributed by atoms with Crippen LogP contribution in [0.5, 0.6) is 5.75 Å². The number of hydrogen-bond acceptors (Lipinski definition) is 4. The monoisotopic (exact) mass is 330 g/mol. The molecular weight excluding hydrogens is 312 g/mol. The van der Waals surface area contributed by atoms with Gasteiger partial charge in [0.15, 0.2) is 0 Å². The van der Waals surface area contributed by atoms with Crippen molar-refractivity contribution in [1.29, 1.82) is 0 Å². The van der Waals surface area contributed by atoms with Gasteiger partial charge in [-0.25, -0.2) is 0 Å².